The summed E-state index contributed by atoms with van der Waals surface area (Å²) in [6, 6.07) is 5.03. The highest BCUT2D eigenvalue weighted by molar-refractivity contribution is 7.89. The molecule has 0 radical (unpaired) electrons. The standard InChI is InChI=1S/C13H18FNO2S/c1-2-11-7-9-15(10-8-11)18(16,17)13-5-3-12(14)4-6-13/h3-6,11H,2,7-10H2,1H3. The van der Waals surface area contributed by atoms with E-state index in [1.54, 1.807) is 0 Å². The molecule has 0 amide bonds. The highest BCUT2D eigenvalue weighted by Gasteiger charge is 2.28. The predicted octanol–water partition coefficient (Wildman–Crippen LogP) is 2.64. The van der Waals surface area contributed by atoms with E-state index < -0.39 is 15.8 Å². The summed E-state index contributed by atoms with van der Waals surface area (Å²) in [6.07, 6.45) is 2.93. The van der Waals surface area contributed by atoms with Crippen LogP contribution in [0.25, 0.3) is 0 Å². The van der Waals surface area contributed by atoms with Gasteiger partial charge in [-0.3, -0.25) is 0 Å². The molecule has 2 rings (SSSR count). The predicted molar refractivity (Wildman–Crippen MR) is 68.2 cm³/mol. The average Bonchev–Trinajstić information content (AvgIpc) is 2.39. The third-order valence-electron chi connectivity index (χ3n) is 3.60. The molecule has 1 fully saturated rings. The Morgan fingerprint density at radius 2 is 1.78 bits per heavy atom. The summed E-state index contributed by atoms with van der Waals surface area (Å²) in [6.45, 7) is 3.27. The van der Waals surface area contributed by atoms with Crippen molar-refractivity contribution in [2.24, 2.45) is 5.92 Å². The smallest absolute Gasteiger partial charge is 0.207 e. The molecule has 5 heteroatoms. The van der Waals surface area contributed by atoms with Gasteiger partial charge in [0.25, 0.3) is 0 Å². The minimum absolute atomic E-state index is 0.179. The van der Waals surface area contributed by atoms with Crippen LogP contribution in [-0.2, 0) is 10.0 Å². The van der Waals surface area contributed by atoms with Crippen molar-refractivity contribution in [2.75, 3.05) is 13.1 Å². The number of rotatable bonds is 3. The molecule has 0 aromatic heterocycles. The van der Waals surface area contributed by atoms with Crippen LogP contribution in [0.5, 0.6) is 0 Å². The van der Waals surface area contributed by atoms with Gasteiger partial charge in [-0.25, -0.2) is 12.8 Å². The lowest BCUT2D eigenvalue weighted by Gasteiger charge is -2.30. The van der Waals surface area contributed by atoms with Crippen LogP contribution in [0, 0.1) is 11.7 Å². The molecular formula is C13H18FNO2S. The highest BCUT2D eigenvalue weighted by atomic mass is 32.2. The van der Waals surface area contributed by atoms with Gasteiger partial charge >= 0.3 is 0 Å². The monoisotopic (exact) mass is 271 g/mol. The zero-order valence-electron chi connectivity index (χ0n) is 10.5. The second kappa shape index (κ2) is 5.36. The molecule has 0 atom stereocenters. The molecular weight excluding hydrogens is 253 g/mol. The molecule has 0 saturated carbocycles. The Kier molecular flexibility index (Phi) is 4.02. The Labute approximate surface area is 108 Å². The summed E-state index contributed by atoms with van der Waals surface area (Å²) in [5, 5.41) is 0. The topological polar surface area (TPSA) is 37.4 Å². The van der Waals surface area contributed by atoms with Crippen LogP contribution in [0.2, 0.25) is 0 Å². The lowest BCUT2D eigenvalue weighted by molar-refractivity contribution is 0.269. The van der Waals surface area contributed by atoms with Gasteiger partial charge in [0.05, 0.1) is 4.90 Å². The number of benzene rings is 1. The minimum Gasteiger partial charge on any atom is -0.207 e. The van der Waals surface area contributed by atoms with E-state index >= 15 is 0 Å². The molecule has 1 saturated heterocycles. The van der Waals surface area contributed by atoms with E-state index in [0.717, 1.165) is 19.3 Å². The maximum atomic E-state index is 12.8. The van der Waals surface area contributed by atoms with Crippen LogP contribution in [0.4, 0.5) is 4.39 Å². The van der Waals surface area contributed by atoms with Crippen LogP contribution in [0.15, 0.2) is 29.2 Å². The molecule has 1 aromatic rings. The molecule has 0 aliphatic carbocycles. The first-order valence-corrected chi connectivity index (χ1v) is 7.73. The SMILES string of the molecule is CCC1CCN(S(=O)(=O)c2ccc(F)cc2)CC1. The van der Waals surface area contributed by atoms with E-state index in [9.17, 15) is 12.8 Å². The van der Waals surface area contributed by atoms with Gasteiger partial charge in [0.2, 0.25) is 10.0 Å². The number of sulfonamides is 1. The second-order valence-electron chi connectivity index (χ2n) is 4.71. The average molecular weight is 271 g/mol. The Morgan fingerprint density at radius 1 is 1.22 bits per heavy atom. The van der Waals surface area contributed by atoms with Gasteiger partial charge in [-0.05, 0) is 43.0 Å². The molecule has 3 nitrogen and oxygen atoms in total. The van der Waals surface area contributed by atoms with Gasteiger partial charge in [0.1, 0.15) is 5.82 Å². The maximum absolute atomic E-state index is 12.8. The van der Waals surface area contributed by atoms with Crippen molar-refractivity contribution in [3.05, 3.63) is 30.1 Å². The summed E-state index contributed by atoms with van der Waals surface area (Å²) >= 11 is 0. The van der Waals surface area contributed by atoms with Crippen LogP contribution in [0.1, 0.15) is 26.2 Å². The fraction of sp³-hybridized carbons (Fsp3) is 0.538. The number of hydrogen-bond donors (Lipinski definition) is 0. The van der Waals surface area contributed by atoms with E-state index in [1.807, 2.05) is 0 Å². The Morgan fingerprint density at radius 3 is 2.28 bits per heavy atom. The molecule has 18 heavy (non-hydrogen) atoms. The van der Waals surface area contributed by atoms with Gasteiger partial charge < -0.3 is 0 Å². The van der Waals surface area contributed by atoms with Gasteiger partial charge in [-0.1, -0.05) is 13.3 Å². The van der Waals surface area contributed by atoms with E-state index in [4.69, 9.17) is 0 Å². The molecule has 1 heterocycles. The van der Waals surface area contributed by atoms with E-state index in [2.05, 4.69) is 6.92 Å². The van der Waals surface area contributed by atoms with Crippen LogP contribution >= 0.6 is 0 Å². The van der Waals surface area contributed by atoms with Gasteiger partial charge in [0.15, 0.2) is 0 Å². The Balaban J connectivity index is 2.15. The third-order valence-corrected chi connectivity index (χ3v) is 5.52. The van der Waals surface area contributed by atoms with Crippen molar-refractivity contribution in [3.63, 3.8) is 0 Å². The van der Waals surface area contributed by atoms with Crippen LogP contribution < -0.4 is 0 Å². The number of piperidine rings is 1. The van der Waals surface area contributed by atoms with Crippen molar-refractivity contribution in [3.8, 4) is 0 Å². The first kappa shape index (κ1) is 13.5. The molecule has 0 spiro atoms. The van der Waals surface area contributed by atoms with Gasteiger partial charge in [-0.15, -0.1) is 0 Å². The van der Waals surface area contributed by atoms with E-state index in [0.29, 0.717) is 19.0 Å². The summed E-state index contributed by atoms with van der Waals surface area (Å²) in [5.41, 5.74) is 0. The zero-order chi connectivity index (χ0) is 13.2. The van der Waals surface area contributed by atoms with Gasteiger partial charge in [-0.2, -0.15) is 4.31 Å². The molecule has 0 N–H and O–H groups in total. The molecule has 1 aliphatic heterocycles. The first-order valence-electron chi connectivity index (χ1n) is 6.29. The Bertz CT molecular complexity index is 490. The molecule has 1 aliphatic rings. The highest BCUT2D eigenvalue weighted by Crippen LogP contribution is 2.25. The lowest BCUT2D eigenvalue weighted by Crippen LogP contribution is -2.38. The van der Waals surface area contributed by atoms with Crippen molar-refractivity contribution in [1.29, 1.82) is 0 Å². The fourth-order valence-corrected chi connectivity index (χ4v) is 3.78. The summed E-state index contributed by atoms with van der Waals surface area (Å²) in [5.74, 6) is 0.211. The summed E-state index contributed by atoms with van der Waals surface area (Å²) in [7, 11) is -3.44. The van der Waals surface area contributed by atoms with Crippen LogP contribution in [0.3, 0.4) is 0 Å². The van der Waals surface area contributed by atoms with Crippen molar-refractivity contribution in [1.82, 2.24) is 4.31 Å². The second-order valence-corrected chi connectivity index (χ2v) is 6.65. The normalized spacial score (nSPS) is 19.0. The van der Waals surface area contributed by atoms with Crippen molar-refractivity contribution in [2.45, 2.75) is 31.1 Å². The summed E-state index contributed by atoms with van der Waals surface area (Å²) in [4.78, 5) is 0.179. The van der Waals surface area contributed by atoms with Crippen LogP contribution in [-0.4, -0.2) is 25.8 Å². The molecule has 100 valence electrons. The summed E-state index contributed by atoms with van der Waals surface area (Å²) < 4.78 is 38.9. The van der Waals surface area contributed by atoms with Gasteiger partial charge in [0, 0.05) is 13.1 Å². The minimum atomic E-state index is -3.44. The third kappa shape index (κ3) is 2.72. The maximum Gasteiger partial charge on any atom is 0.243 e. The van der Waals surface area contributed by atoms with E-state index in [1.165, 1.54) is 28.6 Å². The van der Waals surface area contributed by atoms with E-state index in [-0.39, 0.29) is 4.90 Å². The number of nitrogens with zero attached hydrogens (tertiary/aromatic N) is 1. The number of hydrogen-bond acceptors (Lipinski definition) is 2. The van der Waals surface area contributed by atoms with Crippen molar-refractivity contribution >= 4 is 10.0 Å². The molecule has 0 bridgehead atoms. The lowest BCUT2D eigenvalue weighted by atomic mass is 9.96. The fourth-order valence-electron chi connectivity index (χ4n) is 2.31. The first-order chi connectivity index (χ1) is 8.54. The van der Waals surface area contributed by atoms with Crippen molar-refractivity contribution < 1.29 is 12.8 Å². The Hall–Kier alpha value is -0.940. The largest absolute Gasteiger partial charge is 0.243 e. The molecule has 1 aromatic carbocycles. The quantitative estimate of drug-likeness (QED) is 0.847. The number of halogens is 1. The molecule has 0 unspecified atom stereocenters. The zero-order valence-corrected chi connectivity index (χ0v) is 11.3.